The third-order valence-electron chi connectivity index (χ3n) is 3.12. The van der Waals surface area contributed by atoms with E-state index in [1.54, 1.807) is 24.9 Å². The van der Waals surface area contributed by atoms with E-state index in [1.807, 2.05) is 26.8 Å². The number of H-pyrrole nitrogens is 1. The molecule has 0 saturated carbocycles. The summed E-state index contributed by atoms with van der Waals surface area (Å²) in [7, 11) is 0. The Bertz CT molecular complexity index is 764. The van der Waals surface area contributed by atoms with E-state index < -0.39 is 5.41 Å². The molecule has 0 aliphatic heterocycles. The Morgan fingerprint density at radius 3 is 2.80 bits per heavy atom. The molecule has 5 nitrogen and oxygen atoms in total. The molecule has 0 aromatic carbocycles. The van der Waals surface area contributed by atoms with Gasteiger partial charge in [-0.15, -0.1) is 0 Å². The van der Waals surface area contributed by atoms with Crippen LogP contribution in [0.25, 0.3) is 22.4 Å². The molecule has 0 spiro atoms. The van der Waals surface area contributed by atoms with Crippen LogP contribution < -0.4 is 0 Å². The Labute approximate surface area is 116 Å². The average molecular weight is 269 g/mol. The van der Waals surface area contributed by atoms with Crippen LogP contribution >= 0.6 is 0 Å². The summed E-state index contributed by atoms with van der Waals surface area (Å²) in [6, 6.07) is 1.81. The van der Waals surface area contributed by atoms with Crippen LogP contribution in [0.1, 0.15) is 31.1 Å². The first-order chi connectivity index (χ1) is 9.47. The van der Waals surface area contributed by atoms with Gasteiger partial charge in [0.1, 0.15) is 5.52 Å². The highest BCUT2D eigenvalue weighted by atomic mass is 16.3. The topological polar surface area (TPSA) is 71.8 Å². The molecule has 102 valence electrons. The smallest absolute Gasteiger partial charge is 0.171 e. The van der Waals surface area contributed by atoms with Crippen LogP contribution in [0.3, 0.4) is 0 Å². The van der Waals surface area contributed by atoms with Crippen molar-refractivity contribution in [2.45, 2.75) is 20.8 Å². The quantitative estimate of drug-likeness (QED) is 0.723. The number of Topliss-reactive ketones (excluding diaryl/α,β-unsaturated/α-hetero) is 1. The highest BCUT2D eigenvalue weighted by Gasteiger charge is 2.26. The largest absolute Gasteiger partial charge is 0.472 e. The minimum absolute atomic E-state index is 0.0439. The van der Waals surface area contributed by atoms with Crippen molar-refractivity contribution in [1.29, 1.82) is 0 Å². The summed E-state index contributed by atoms with van der Waals surface area (Å²) in [5.41, 5.74) is 2.87. The molecule has 0 aliphatic rings. The standard InChI is InChI=1S/C15H15N3O2/c1-15(2,3)13(19)10-6-16-14-12(10)18-11(7-17-14)9-4-5-20-8-9/h4-8H,1-3H3,(H,16,17). The SMILES string of the molecule is CC(C)(C)C(=O)c1c[nH]c2ncc(-c3ccoc3)nc12. The van der Waals surface area contributed by atoms with E-state index >= 15 is 0 Å². The molecule has 3 aromatic heterocycles. The van der Waals surface area contributed by atoms with Gasteiger partial charge in [-0.3, -0.25) is 4.79 Å². The summed E-state index contributed by atoms with van der Waals surface area (Å²) in [6.45, 7) is 5.67. The Kier molecular flexibility index (Phi) is 2.71. The van der Waals surface area contributed by atoms with E-state index in [4.69, 9.17) is 4.42 Å². The number of hydrogen-bond donors (Lipinski definition) is 1. The molecule has 20 heavy (non-hydrogen) atoms. The van der Waals surface area contributed by atoms with Crippen LogP contribution in [0, 0.1) is 5.41 Å². The fourth-order valence-corrected chi connectivity index (χ4v) is 2.02. The predicted octanol–water partition coefficient (Wildman–Crippen LogP) is 3.45. The predicted molar refractivity (Wildman–Crippen MR) is 75.4 cm³/mol. The molecular formula is C15H15N3O2. The maximum absolute atomic E-state index is 12.4. The maximum Gasteiger partial charge on any atom is 0.171 e. The van der Waals surface area contributed by atoms with Crippen molar-refractivity contribution in [2.24, 2.45) is 5.41 Å². The van der Waals surface area contributed by atoms with E-state index in [1.165, 1.54) is 0 Å². The summed E-state index contributed by atoms with van der Waals surface area (Å²) >= 11 is 0. The van der Waals surface area contributed by atoms with Crippen molar-refractivity contribution in [3.05, 3.63) is 36.5 Å². The Balaban J connectivity index is 2.16. The molecule has 0 aliphatic carbocycles. The Morgan fingerprint density at radius 1 is 1.35 bits per heavy atom. The van der Waals surface area contributed by atoms with E-state index in [2.05, 4.69) is 15.0 Å². The molecule has 3 aromatic rings. The number of furan rings is 1. The number of ketones is 1. The zero-order valence-corrected chi connectivity index (χ0v) is 11.6. The molecule has 0 fully saturated rings. The summed E-state index contributed by atoms with van der Waals surface area (Å²) in [4.78, 5) is 24.3. The number of aromatic nitrogens is 3. The molecule has 3 heterocycles. The second-order valence-electron chi connectivity index (χ2n) is 5.75. The number of nitrogens with zero attached hydrogens (tertiary/aromatic N) is 2. The molecular weight excluding hydrogens is 254 g/mol. The minimum atomic E-state index is -0.456. The number of aromatic amines is 1. The van der Waals surface area contributed by atoms with Gasteiger partial charge in [0, 0.05) is 17.2 Å². The van der Waals surface area contributed by atoms with Crippen molar-refractivity contribution in [2.75, 3.05) is 0 Å². The van der Waals surface area contributed by atoms with E-state index in [0.29, 0.717) is 22.4 Å². The normalized spacial score (nSPS) is 11.9. The lowest BCUT2D eigenvalue weighted by molar-refractivity contribution is 0.0860. The Hall–Kier alpha value is -2.43. The molecule has 1 N–H and O–H groups in total. The van der Waals surface area contributed by atoms with Gasteiger partial charge in [0.25, 0.3) is 0 Å². The van der Waals surface area contributed by atoms with Crippen LogP contribution in [0.2, 0.25) is 0 Å². The van der Waals surface area contributed by atoms with Gasteiger partial charge >= 0.3 is 0 Å². The van der Waals surface area contributed by atoms with Gasteiger partial charge in [-0.2, -0.15) is 0 Å². The minimum Gasteiger partial charge on any atom is -0.472 e. The number of carbonyl (C=O) groups is 1. The maximum atomic E-state index is 12.4. The van der Waals surface area contributed by atoms with Gasteiger partial charge in [-0.05, 0) is 6.07 Å². The number of nitrogens with one attached hydrogen (secondary N) is 1. The third kappa shape index (κ3) is 2.01. The highest BCUT2D eigenvalue weighted by Crippen LogP contribution is 2.26. The van der Waals surface area contributed by atoms with E-state index in [0.717, 1.165) is 5.56 Å². The lowest BCUT2D eigenvalue weighted by Crippen LogP contribution is -2.20. The first kappa shape index (κ1) is 12.6. The van der Waals surface area contributed by atoms with Crippen LogP contribution in [0.15, 0.2) is 35.4 Å². The second kappa shape index (κ2) is 4.30. The van der Waals surface area contributed by atoms with Gasteiger partial charge < -0.3 is 9.40 Å². The van der Waals surface area contributed by atoms with Crippen LogP contribution in [-0.4, -0.2) is 20.7 Å². The fourth-order valence-electron chi connectivity index (χ4n) is 2.02. The van der Waals surface area contributed by atoms with Gasteiger partial charge in [0.2, 0.25) is 0 Å². The first-order valence-electron chi connectivity index (χ1n) is 6.38. The van der Waals surface area contributed by atoms with Crippen molar-refractivity contribution in [3.63, 3.8) is 0 Å². The lowest BCUT2D eigenvalue weighted by Gasteiger charge is -2.15. The summed E-state index contributed by atoms with van der Waals surface area (Å²) in [5, 5.41) is 0. The zero-order chi connectivity index (χ0) is 14.3. The second-order valence-corrected chi connectivity index (χ2v) is 5.75. The van der Waals surface area contributed by atoms with Crippen molar-refractivity contribution in [1.82, 2.24) is 15.0 Å². The van der Waals surface area contributed by atoms with Crippen LogP contribution in [-0.2, 0) is 0 Å². The van der Waals surface area contributed by atoms with Crippen molar-refractivity contribution < 1.29 is 9.21 Å². The summed E-state index contributed by atoms with van der Waals surface area (Å²) in [6.07, 6.45) is 6.53. The fraction of sp³-hybridized carbons (Fsp3) is 0.267. The molecule has 0 saturated heterocycles. The summed E-state index contributed by atoms with van der Waals surface area (Å²) < 4.78 is 5.05. The molecule has 3 rings (SSSR count). The molecule has 0 atom stereocenters. The molecule has 0 radical (unpaired) electrons. The van der Waals surface area contributed by atoms with Crippen molar-refractivity contribution >= 4 is 16.9 Å². The van der Waals surface area contributed by atoms with E-state index in [-0.39, 0.29) is 5.78 Å². The molecule has 0 amide bonds. The number of carbonyl (C=O) groups excluding carboxylic acids is 1. The van der Waals surface area contributed by atoms with Crippen molar-refractivity contribution in [3.8, 4) is 11.3 Å². The number of fused-ring (bicyclic) bond motifs is 1. The monoisotopic (exact) mass is 269 g/mol. The Morgan fingerprint density at radius 2 is 2.15 bits per heavy atom. The lowest BCUT2D eigenvalue weighted by atomic mass is 9.87. The van der Waals surface area contributed by atoms with Gasteiger partial charge in [-0.1, -0.05) is 20.8 Å². The molecule has 5 heteroatoms. The van der Waals surface area contributed by atoms with Crippen LogP contribution in [0.4, 0.5) is 0 Å². The zero-order valence-electron chi connectivity index (χ0n) is 11.6. The van der Waals surface area contributed by atoms with Gasteiger partial charge in [0.15, 0.2) is 11.4 Å². The van der Waals surface area contributed by atoms with E-state index in [9.17, 15) is 4.79 Å². The number of rotatable bonds is 2. The first-order valence-corrected chi connectivity index (χ1v) is 6.38. The third-order valence-corrected chi connectivity index (χ3v) is 3.12. The highest BCUT2D eigenvalue weighted by molar-refractivity contribution is 6.08. The summed E-state index contributed by atoms with van der Waals surface area (Å²) in [5.74, 6) is 0.0439. The number of hydrogen-bond acceptors (Lipinski definition) is 4. The van der Waals surface area contributed by atoms with Gasteiger partial charge in [0.05, 0.1) is 30.0 Å². The molecule has 0 bridgehead atoms. The van der Waals surface area contributed by atoms with Crippen LogP contribution in [0.5, 0.6) is 0 Å². The molecule has 0 unspecified atom stereocenters. The average Bonchev–Trinajstić information content (AvgIpc) is 3.05. The van der Waals surface area contributed by atoms with Gasteiger partial charge in [-0.25, -0.2) is 9.97 Å².